The van der Waals surface area contributed by atoms with Gasteiger partial charge in [0.1, 0.15) is 6.54 Å². The first-order valence-electron chi connectivity index (χ1n) is 11.3. The second kappa shape index (κ2) is 8.44. The molecular weight excluding hydrogens is 438 g/mol. The molecule has 0 saturated carbocycles. The zero-order chi connectivity index (χ0) is 23.9. The Hall–Kier alpha value is -3.95. The lowest BCUT2D eigenvalue weighted by atomic mass is 9.94. The van der Waals surface area contributed by atoms with Crippen LogP contribution in [0.5, 0.6) is 0 Å². The highest BCUT2D eigenvalue weighted by Gasteiger charge is 2.58. The average molecular weight is 463 g/mol. The van der Waals surface area contributed by atoms with E-state index in [2.05, 4.69) is 15.6 Å². The van der Waals surface area contributed by atoms with Crippen LogP contribution in [-0.2, 0) is 26.3 Å². The SMILES string of the molecule is CNC(=O)Nc1ccc2c(c1)CCC21OC(=O)N(CC(=O)N2CCCC2c2ccccn2)C1=O. The Morgan fingerprint density at radius 2 is 2.09 bits per heavy atom. The van der Waals surface area contributed by atoms with Crippen LogP contribution in [0.2, 0.25) is 0 Å². The highest BCUT2D eigenvalue weighted by Crippen LogP contribution is 2.46. The molecule has 1 aromatic carbocycles. The fourth-order valence-corrected chi connectivity index (χ4v) is 5.10. The summed E-state index contributed by atoms with van der Waals surface area (Å²) in [6.45, 7) is 0.181. The molecule has 2 unspecified atom stereocenters. The van der Waals surface area contributed by atoms with Gasteiger partial charge in [-0.05, 0) is 49.1 Å². The van der Waals surface area contributed by atoms with Crippen molar-refractivity contribution < 1.29 is 23.9 Å². The first-order valence-corrected chi connectivity index (χ1v) is 11.3. The summed E-state index contributed by atoms with van der Waals surface area (Å²) in [5.74, 6) is -0.830. The number of nitrogens with one attached hydrogen (secondary N) is 2. The quantitative estimate of drug-likeness (QED) is 0.718. The number of fused-ring (bicyclic) bond motifs is 2. The van der Waals surface area contributed by atoms with Crippen LogP contribution < -0.4 is 10.6 Å². The fourth-order valence-electron chi connectivity index (χ4n) is 5.10. The Morgan fingerprint density at radius 1 is 1.24 bits per heavy atom. The van der Waals surface area contributed by atoms with Crippen LogP contribution in [0.4, 0.5) is 15.3 Å². The predicted octanol–water partition coefficient (Wildman–Crippen LogP) is 2.32. The van der Waals surface area contributed by atoms with Gasteiger partial charge >= 0.3 is 12.1 Å². The molecule has 176 valence electrons. The van der Waals surface area contributed by atoms with Gasteiger partial charge in [-0.3, -0.25) is 14.6 Å². The monoisotopic (exact) mass is 463 g/mol. The Balaban J connectivity index is 1.34. The lowest BCUT2D eigenvalue weighted by molar-refractivity contribution is -0.142. The Morgan fingerprint density at radius 3 is 2.85 bits per heavy atom. The van der Waals surface area contributed by atoms with E-state index in [9.17, 15) is 19.2 Å². The highest BCUT2D eigenvalue weighted by atomic mass is 16.6. The minimum absolute atomic E-state index is 0.171. The molecule has 5 amide bonds. The molecule has 1 aliphatic carbocycles. The average Bonchev–Trinajstić information content (AvgIpc) is 3.53. The molecule has 2 aliphatic heterocycles. The summed E-state index contributed by atoms with van der Waals surface area (Å²) in [6, 6.07) is 10.2. The van der Waals surface area contributed by atoms with Gasteiger partial charge in [0.15, 0.2) is 0 Å². The minimum atomic E-state index is -1.43. The van der Waals surface area contributed by atoms with Gasteiger partial charge in [0, 0.05) is 37.5 Å². The van der Waals surface area contributed by atoms with E-state index in [-0.39, 0.29) is 24.5 Å². The van der Waals surface area contributed by atoms with Gasteiger partial charge in [0.2, 0.25) is 11.5 Å². The number of rotatable bonds is 4. The molecule has 0 radical (unpaired) electrons. The third-order valence-corrected chi connectivity index (χ3v) is 6.74. The van der Waals surface area contributed by atoms with Gasteiger partial charge in [-0.15, -0.1) is 0 Å². The standard InChI is InChI=1S/C24H25N5O5/c1-25-22(32)27-16-7-8-17-15(13-16)9-10-24(17)21(31)29(23(33)34-24)14-20(30)28-12-4-6-19(28)18-5-2-3-11-26-18/h2-3,5,7-8,11,13,19H,4,6,9-10,12,14H2,1H3,(H2,25,27,32). The van der Waals surface area contributed by atoms with Gasteiger partial charge < -0.3 is 20.3 Å². The predicted molar refractivity (Wildman–Crippen MR) is 121 cm³/mol. The summed E-state index contributed by atoms with van der Waals surface area (Å²) in [4.78, 5) is 57.9. The number of carbonyl (C=O) groups excluding carboxylic acids is 4. The third-order valence-electron chi connectivity index (χ3n) is 6.74. The number of benzene rings is 1. The van der Waals surface area contributed by atoms with Crippen molar-refractivity contribution in [3.8, 4) is 0 Å². The Bertz CT molecular complexity index is 1170. The molecule has 3 heterocycles. The number of imide groups is 1. The largest absolute Gasteiger partial charge is 0.427 e. The lowest BCUT2D eigenvalue weighted by Crippen LogP contribution is -2.44. The molecule has 2 saturated heterocycles. The van der Waals surface area contributed by atoms with E-state index in [0.29, 0.717) is 30.6 Å². The summed E-state index contributed by atoms with van der Waals surface area (Å²) in [5, 5.41) is 5.18. The van der Waals surface area contributed by atoms with E-state index in [1.807, 2.05) is 18.2 Å². The number of pyridine rings is 1. The van der Waals surface area contributed by atoms with Crippen molar-refractivity contribution in [3.05, 3.63) is 59.4 Å². The van der Waals surface area contributed by atoms with Gasteiger partial charge in [-0.1, -0.05) is 12.1 Å². The van der Waals surface area contributed by atoms with Crippen LogP contribution in [0.3, 0.4) is 0 Å². The summed E-state index contributed by atoms with van der Waals surface area (Å²) < 4.78 is 5.63. The van der Waals surface area contributed by atoms with E-state index in [0.717, 1.165) is 29.0 Å². The van der Waals surface area contributed by atoms with Crippen molar-refractivity contribution in [2.24, 2.45) is 0 Å². The van der Waals surface area contributed by atoms with Crippen molar-refractivity contribution in [1.29, 1.82) is 0 Å². The van der Waals surface area contributed by atoms with Crippen LogP contribution in [0, 0.1) is 0 Å². The topological polar surface area (TPSA) is 121 Å². The maximum absolute atomic E-state index is 13.4. The smallest absolute Gasteiger partial charge is 0.418 e. The summed E-state index contributed by atoms with van der Waals surface area (Å²) in [7, 11) is 1.52. The van der Waals surface area contributed by atoms with Crippen LogP contribution in [0.25, 0.3) is 0 Å². The number of amides is 5. The second-order valence-electron chi connectivity index (χ2n) is 8.66. The third kappa shape index (κ3) is 3.55. The molecule has 1 spiro atoms. The number of hydrogen-bond donors (Lipinski definition) is 2. The van der Waals surface area contributed by atoms with E-state index < -0.39 is 17.6 Å². The van der Waals surface area contributed by atoms with E-state index in [1.165, 1.54) is 7.05 Å². The number of urea groups is 1. The van der Waals surface area contributed by atoms with Gasteiger partial charge in [0.05, 0.1) is 11.7 Å². The van der Waals surface area contributed by atoms with Crippen LogP contribution >= 0.6 is 0 Å². The van der Waals surface area contributed by atoms with Crippen LogP contribution in [0.1, 0.15) is 42.1 Å². The number of anilines is 1. The minimum Gasteiger partial charge on any atom is -0.427 e. The maximum atomic E-state index is 13.4. The first kappa shape index (κ1) is 21.9. The molecule has 2 aromatic rings. The molecule has 34 heavy (non-hydrogen) atoms. The molecule has 2 atom stereocenters. The molecule has 2 fully saturated rings. The van der Waals surface area contributed by atoms with Gasteiger partial charge in [0.25, 0.3) is 5.91 Å². The van der Waals surface area contributed by atoms with E-state index in [4.69, 9.17) is 4.74 Å². The van der Waals surface area contributed by atoms with Crippen LogP contribution in [0.15, 0.2) is 42.6 Å². The fraction of sp³-hybridized carbons (Fsp3) is 0.375. The number of ether oxygens (including phenoxy) is 1. The molecule has 1 aromatic heterocycles. The zero-order valence-electron chi connectivity index (χ0n) is 18.7. The van der Waals surface area contributed by atoms with E-state index >= 15 is 0 Å². The number of aryl methyl sites for hydroxylation is 1. The van der Waals surface area contributed by atoms with Crippen molar-refractivity contribution in [3.63, 3.8) is 0 Å². The molecule has 10 nitrogen and oxygen atoms in total. The lowest BCUT2D eigenvalue weighted by Gasteiger charge is -2.26. The molecule has 10 heteroatoms. The van der Waals surface area contributed by atoms with Crippen molar-refractivity contribution in [2.75, 3.05) is 25.5 Å². The van der Waals surface area contributed by atoms with Gasteiger partial charge in [-0.2, -0.15) is 0 Å². The molecular formula is C24H25N5O5. The summed E-state index contributed by atoms with van der Waals surface area (Å²) in [5.41, 5.74) is 1.36. The molecule has 0 bridgehead atoms. The van der Waals surface area contributed by atoms with Crippen molar-refractivity contribution in [1.82, 2.24) is 20.1 Å². The Labute approximate surface area is 196 Å². The number of carbonyl (C=O) groups is 4. The molecule has 5 rings (SSSR count). The van der Waals surface area contributed by atoms with Crippen LogP contribution in [-0.4, -0.2) is 58.9 Å². The first-order chi connectivity index (χ1) is 16.4. The maximum Gasteiger partial charge on any atom is 0.418 e. The van der Waals surface area contributed by atoms with E-state index in [1.54, 1.807) is 29.3 Å². The number of aromatic nitrogens is 1. The highest BCUT2D eigenvalue weighted by molar-refractivity contribution is 6.06. The number of likely N-dealkylation sites (tertiary alicyclic amines) is 1. The number of hydrogen-bond acceptors (Lipinski definition) is 6. The zero-order valence-corrected chi connectivity index (χ0v) is 18.7. The summed E-state index contributed by atoms with van der Waals surface area (Å²) >= 11 is 0. The second-order valence-corrected chi connectivity index (χ2v) is 8.66. The molecule has 2 N–H and O–H groups in total. The number of nitrogens with zero attached hydrogens (tertiary/aromatic N) is 3. The Kier molecular flexibility index (Phi) is 5.43. The van der Waals surface area contributed by atoms with Crippen molar-refractivity contribution in [2.45, 2.75) is 37.3 Å². The summed E-state index contributed by atoms with van der Waals surface area (Å²) in [6.07, 6.45) is 3.29. The van der Waals surface area contributed by atoms with Crippen molar-refractivity contribution >= 4 is 29.6 Å². The van der Waals surface area contributed by atoms with Gasteiger partial charge in [-0.25, -0.2) is 14.5 Å². The molecule has 3 aliphatic rings. The normalized spacial score (nSPS) is 23.3.